The van der Waals surface area contributed by atoms with Crippen LogP contribution in [-0.4, -0.2) is 98.3 Å². The molecule has 0 spiro atoms. The summed E-state index contributed by atoms with van der Waals surface area (Å²) in [5.41, 5.74) is -0.988. The Morgan fingerprint density at radius 1 is 1.19 bits per heavy atom. The van der Waals surface area contributed by atoms with E-state index in [0.29, 0.717) is 19.3 Å². The van der Waals surface area contributed by atoms with Gasteiger partial charge in [-0.1, -0.05) is 19.1 Å². The molecule has 0 aromatic rings. The Morgan fingerprint density at radius 3 is 2.55 bits per heavy atom. The first-order valence-corrected chi connectivity index (χ1v) is 10.8. The van der Waals surface area contributed by atoms with Gasteiger partial charge in [0.1, 0.15) is 30.5 Å². The van der Waals surface area contributed by atoms with Crippen molar-refractivity contribution in [2.45, 2.75) is 74.7 Å². The van der Waals surface area contributed by atoms with E-state index in [1.54, 1.807) is 0 Å². The number of aliphatic hydroxyl groups is 6. The number of carbonyl (C=O) groups is 1. The number of aliphatic hydroxyl groups excluding tert-OH is 5. The number of ether oxygens (including phenoxy) is 3. The highest BCUT2D eigenvalue weighted by Crippen LogP contribution is 2.54. The number of fused-ring (bicyclic) bond motifs is 3. The minimum absolute atomic E-state index is 0.0614. The molecule has 0 amide bonds. The van der Waals surface area contributed by atoms with Crippen LogP contribution >= 0.6 is 0 Å². The van der Waals surface area contributed by atoms with Crippen molar-refractivity contribution in [3.63, 3.8) is 0 Å². The van der Waals surface area contributed by atoms with Crippen LogP contribution < -0.4 is 0 Å². The molecule has 2 aliphatic heterocycles. The number of rotatable bonds is 4. The van der Waals surface area contributed by atoms with E-state index in [1.165, 1.54) is 0 Å². The van der Waals surface area contributed by atoms with Crippen molar-refractivity contribution in [2.24, 2.45) is 23.7 Å². The fourth-order valence-corrected chi connectivity index (χ4v) is 5.92. The summed E-state index contributed by atoms with van der Waals surface area (Å²) in [4.78, 5) is 12.3. The van der Waals surface area contributed by atoms with Gasteiger partial charge in [0.2, 0.25) is 0 Å². The molecule has 6 N–H and O–H groups in total. The Bertz CT molecular complexity index is 712. The highest BCUT2D eigenvalue weighted by molar-refractivity contribution is 5.82. The Balaban J connectivity index is 1.55. The zero-order valence-electron chi connectivity index (χ0n) is 17.4. The lowest BCUT2D eigenvalue weighted by Crippen LogP contribution is -2.59. The van der Waals surface area contributed by atoms with Crippen LogP contribution in [0.3, 0.4) is 0 Å². The Hall–Kier alpha value is -1.11. The average Bonchev–Trinajstić information content (AvgIpc) is 3.15. The lowest BCUT2D eigenvalue weighted by Gasteiger charge is -2.41. The predicted molar refractivity (Wildman–Crippen MR) is 103 cm³/mol. The van der Waals surface area contributed by atoms with Crippen LogP contribution in [0, 0.1) is 23.7 Å². The number of hydrogen-bond acceptors (Lipinski definition) is 10. The van der Waals surface area contributed by atoms with Gasteiger partial charge in [0.25, 0.3) is 0 Å². The zero-order valence-corrected chi connectivity index (χ0v) is 17.4. The van der Waals surface area contributed by atoms with Crippen LogP contribution in [0.1, 0.15) is 26.2 Å². The molecule has 4 rings (SSSR count). The van der Waals surface area contributed by atoms with Gasteiger partial charge < -0.3 is 44.8 Å². The molecule has 0 radical (unpaired) electrons. The second-order valence-corrected chi connectivity index (χ2v) is 9.41. The molecule has 0 aromatic heterocycles. The molecule has 176 valence electrons. The maximum absolute atomic E-state index is 12.3. The minimum atomic E-state index is -1.93. The van der Waals surface area contributed by atoms with Gasteiger partial charge in [-0.05, 0) is 31.1 Å². The van der Waals surface area contributed by atoms with E-state index in [-0.39, 0.29) is 17.8 Å². The Labute approximate surface area is 180 Å². The van der Waals surface area contributed by atoms with Crippen LogP contribution in [-0.2, 0) is 19.0 Å². The topological polar surface area (TPSA) is 166 Å². The van der Waals surface area contributed by atoms with Crippen molar-refractivity contribution in [3.8, 4) is 0 Å². The summed E-state index contributed by atoms with van der Waals surface area (Å²) in [6.45, 7) is 4.84. The minimum Gasteiger partial charge on any atom is -0.459 e. The maximum Gasteiger partial charge on any atom is 0.341 e. The van der Waals surface area contributed by atoms with Crippen molar-refractivity contribution in [3.05, 3.63) is 12.2 Å². The van der Waals surface area contributed by atoms with Crippen LogP contribution in [0.25, 0.3) is 0 Å². The third-order valence-electron chi connectivity index (χ3n) is 7.83. The van der Waals surface area contributed by atoms with E-state index in [4.69, 9.17) is 14.2 Å². The normalized spacial score (nSPS) is 52.4. The first kappa shape index (κ1) is 23.1. The first-order valence-electron chi connectivity index (χ1n) is 10.8. The molecule has 10 nitrogen and oxygen atoms in total. The lowest BCUT2D eigenvalue weighted by molar-refractivity contribution is -0.313. The number of allylic oxidation sites excluding steroid dienone is 1. The van der Waals surface area contributed by atoms with Gasteiger partial charge in [-0.25, -0.2) is 4.79 Å². The van der Waals surface area contributed by atoms with E-state index >= 15 is 0 Å². The Morgan fingerprint density at radius 2 is 1.90 bits per heavy atom. The first-order chi connectivity index (χ1) is 14.6. The van der Waals surface area contributed by atoms with Crippen molar-refractivity contribution >= 4 is 5.97 Å². The summed E-state index contributed by atoms with van der Waals surface area (Å²) in [5.74, 6) is -1.84. The second-order valence-electron chi connectivity index (χ2n) is 9.41. The van der Waals surface area contributed by atoms with Crippen LogP contribution in [0.15, 0.2) is 12.2 Å². The molecule has 12 atom stereocenters. The van der Waals surface area contributed by atoms with Gasteiger partial charge in [-0.2, -0.15) is 0 Å². The van der Waals surface area contributed by atoms with E-state index in [1.807, 2.05) is 6.92 Å². The van der Waals surface area contributed by atoms with E-state index < -0.39 is 73.6 Å². The molecule has 10 heteroatoms. The van der Waals surface area contributed by atoms with Gasteiger partial charge in [0.05, 0.1) is 19.3 Å². The maximum atomic E-state index is 12.3. The largest absolute Gasteiger partial charge is 0.459 e. The highest BCUT2D eigenvalue weighted by atomic mass is 16.7. The fraction of sp³-hybridized carbons (Fsp3) is 0.857. The summed E-state index contributed by atoms with van der Waals surface area (Å²) in [6.07, 6.45) is -6.33. The molecule has 2 heterocycles. The van der Waals surface area contributed by atoms with Gasteiger partial charge in [-0.3, -0.25) is 0 Å². The van der Waals surface area contributed by atoms with Crippen molar-refractivity contribution in [2.75, 3.05) is 13.2 Å². The smallest absolute Gasteiger partial charge is 0.341 e. The van der Waals surface area contributed by atoms with Crippen LogP contribution in [0.5, 0.6) is 0 Å². The molecule has 2 aliphatic carbocycles. The number of hydrogen-bond donors (Lipinski definition) is 6. The summed E-state index contributed by atoms with van der Waals surface area (Å²) >= 11 is 0. The van der Waals surface area contributed by atoms with Crippen molar-refractivity contribution in [1.29, 1.82) is 0 Å². The molecule has 31 heavy (non-hydrogen) atoms. The van der Waals surface area contributed by atoms with E-state index in [9.17, 15) is 35.4 Å². The number of esters is 1. The molecule has 0 aromatic carbocycles. The van der Waals surface area contributed by atoms with E-state index in [0.717, 1.165) is 5.57 Å². The lowest BCUT2D eigenvalue weighted by atomic mass is 9.76. The second kappa shape index (κ2) is 8.35. The van der Waals surface area contributed by atoms with Crippen LogP contribution in [0.2, 0.25) is 0 Å². The highest BCUT2D eigenvalue weighted by Gasteiger charge is 2.63. The standard InChI is InChI=1S/C21H32O10/c1-8-3-4-11-18(31-20(27)21(11,28)7-23)14-9(2)12(5-10(8)14)29-19-17(26)16(25)15(24)13(6-22)30-19/h9-19,22-26,28H,1,3-7H2,2H3/t9-,10+,11-,12+,13-,14+,15-,16+,17-,18+,19-,21+/m1/s1. The third kappa shape index (κ3) is 3.53. The number of carbonyl (C=O) groups excluding carboxylic acids is 1. The summed E-state index contributed by atoms with van der Waals surface area (Å²) in [7, 11) is 0. The molecule has 2 saturated carbocycles. The van der Waals surface area contributed by atoms with E-state index in [2.05, 4.69) is 6.58 Å². The predicted octanol–water partition coefficient (Wildman–Crippen LogP) is -1.94. The summed E-state index contributed by atoms with van der Waals surface area (Å²) in [6, 6.07) is 0. The van der Waals surface area contributed by atoms with Gasteiger partial charge in [0.15, 0.2) is 11.9 Å². The SMILES string of the molecule is C=C1CC[C@@H]2[C@H](OC(=O)[C@]2(O)CO)[C@H]2[C@H](C)[C@@H](O[C@@H]3O[C@H](CO)[C@@H](O)[C@H](O)[C@H]3O)C[C@@H]12. The average molecular weight is 444 g/mol. The Kier molecular flexibility index (Phi) is 6.21. The molecule has 4 fully saturated rings. The van der Waals surface area contributed by atoms with Gasteiger partial charge in [0, 0.05) is 11.8 Å². The van der Waals surface area contributed by atoms with Crippen molar-refractivity contribution in [1.82, 2.24) is 0 Å². The zero-order chi connectivity index (χ0) is 22.7. The monoisotopic (exact) mass is 444 g/mol. The molecular formula is C21H32O10. The van der Waals surface area contributed by atoms with Crippen molar-refractivity contribution < 1.29 is 49.6 Å². The van der Waals surface area contributed by atoms with Gasteiger partial charge in [-0.15, -0.1) is 0 Å². The summed E-state index contributed by atoms with van der Waals surface area (Å²) < 4.78 is 17.1. The van der Waals surface area contributed by atoms with Gasteiger partial charge >= 0.3 is 5.97 Å². The molecular weight excluding hydrogens is 412 g/mol. The summed E-state index contributed by atoms with van der Waals surface area (Å²) in [5, 5.41) is 60.1. The molecule has 2 saturated heterocycles. The fourth-order valence-electron chi connectivity index (χ4n) is 5.92. The molecule has 0 unspecified atom stereocenters. The quantitative estimate of drug-likeness (QED) is 0.212. The third-order valence-corrected chi connectivity index (χ3v) is 7.83. The molecule has 4 aliphatic rings. The van der Waals surface area contributed by atoms with Crippen LogP contribution in [0.4, 0.5) is 0 Å². The molecule has 0 bridgehead atoms.